The third kappa shape index (κ3) is 3.95. The van der Waals surface area contributed by atoms with Gasteiger partial charge in [0.25, 0.3) is 0 Å². The molecular weight excluding hydrogens is 238 g/mol. The van der Waals surface area contributed by atoms with E-state index in [0.29, 0.717) is 0 Å². The molecule has 1 heterocycles. The van der Waals surface area contributed by atoms with Crippen LogP contribution in [0, 0.1) is 20.8 Å². The van der Waals surface area contributed by atoms with Crippen LogP contribution in [0.3, 0.4) is 0 Å². The highest BCUT2D eigenvalue weighted by atomic mass is 16.5. The number of aryl methyl sites for hydroxylation is 3. The second-order valence-electron chi connectivity index (χ2n) is 5.65. The first-order valence-electron chi connectivity index (χ1n) is 7.17. The first-order chi connectivity index (χ1) is 9.06. The average Bonchev–Trinajstić information content (AvgIpc) is 2.34. The van der Waals surface area contributed by atoms with Crippen LogP contribution in [-0.4, -0.2) is 42.4 Å². The molecule has 106 valence electrons. The maximum absolute atomic E-state index is 9.47. The summed E-state index contributed by atoms with van der Waals surface area (Å²) >= 11 is 0. The Hall–Kier alpha value is -1.06. The van der Waals surface area contributed by atoms with Crippen molar-refractivity contribution in [3.8, 4) is 5.75 Å². The molecule has 0 aliphatic carbocycles. The molecule has 0 radical (unpaired) electrons. The van der Waals surface area contributed by atoms with Gasteiger partial charge in [-0.2, -0.15) is 0 Å². The predicted molar refractivity (Wildman–Crippen MR) is 77.8 cm³/mol. The van der Waals surface area contributed by atoms with E-state index in [1.54, 1.807) is 0 Å². The summed E-state index contributed by atoms with van der Waals surface area (Å²) in [7, 11) is 0. The molecular formula is C16H25NO2. The Kier molecular flexibility index (Phi) is 4.83. The van der Waals surface area contributed by atoms with Crippen molar-refractivity contribution >= 4 is 0 Å². The molecule has 2 rings (SSSR count). The van der Waals surface area contributed by atoms with Gasteiger partial charge < -0.3 is 9.84 Å². The fraction of sp³-hybridized carbons (Fsp3) is 0.625. The molecule has 3 nitrogen and oxygen atoms in total. The standard InChI is InChI=1S/C16H25NO2/c1-12-10-13(2)16(14(3)11-12)19-9-8-17-6-4-15(18)5-7-17/h10-11,15,18H,4-9H2,1-3H3. The molecule has 0 bridgehead atoms. The Balaban J connectivity index is 1.83. The molecule has 1 N–H and O–H groups in total. The number of piperidine rings is 1. The van der Waals surface area contributed by atoms with Gasteiger partial charge in [-0.15, -0.1) is 0 Å². The lowest BCUT2D eigenvalue weighted by molar-refractivity contribution is 0.0754. The SMILES string of the molecule is Cc1cc(C)c(OCCN2CCC(O)CC2)c(C)c1. The maximum atomic E-state index is 9.47. The molecule has 1 aliphatic heterocycles. The van der Waals surface area contributed by atoms with Gasteiger partial charge in [0, 0.05) is 19.6 Å². The summed E-state index contributed by atoms with van der Waals surface area (Å²) in [5.41, 5.74) is 3.71. The average molecular weight is 263 g/mol. The number of ether oxygens (including phenoxy) is 1. The Labute approximate surface area is 116 Å². The highest BCUT2D eigenvalue weighted by Gasteiger charge is 2.16. The number of nitrogens with zero attached hydrogens (tertiary/aromatic N) is 1. The van der Waals surface area contributed by atoms with E-state index >= 15 is 0 Å². The number of likely N-dealkylation sites (tertiary alicyclic amines) is 1. The van der Waals surface area contributed by atoms with Crippen molar-refractivity contribution in [2.24, 2.45) is 0 Å². The second-order valence-corrected chi connectivity index (χ2v) is 5.65. The van der Waals surface area contributed by atoms with E-state index in [1.165, 1.54) is 16.7 Å². The number of aliphatic hydroxyl groups excluding tert-OH is 1. The molecule has 1 aromatic rings. The zero-order valence-corrected chi connectivity index (χ0v) is 12.3. The summed E-state index contributed by atoms with van der Waals surface area (Å²) in [5.74, 6) is 1.03. The van der Waals surface area contributed by atoms with Crippen molar-refractivity contribution in [1.29, 1.82) is 0 Å². The van der Waals surface area contributed by atoms with Crippen molar-refractivity contribution in [1.82, 2.24) is 4.90 Å². The van der Waals surface area contributed by atoms with Crippen LogP contribution >= 0.6 is 0 Å². The second kappa shape index (κ2) is 6.40. The van der Waals surface area contributed by atoms with Crippen LogP contribution in [0.5, 0.6) is 5.75 Å². The largest absolute Gasteiger partial charge is 0.492 e. The van der Waals surface area contributed by atoms with Crippen LogP contribution in [0.25, 0.3) is 0 Å². The fourth-order valence-electron chi connectivity index (χ4n) is 2.81. The van der Waals surface area contributed by atoms with Crippen molar-refractivity contribution in [2.75, 3.05) is 26.2 Å². The van der Waals surface area contributed by atoms with Crippen molar-refractivity contribution in [3.63, 3.8) is 0 Å². The number of rotatable bonds is 4. The summed E-state index contributed by atoms with van der Waals surface area (Å²) < 4.78 is 5.95. The number of aliphatic hydroxyl groups is 1. The van der Waals surface area contributed by atoms with E-state index in [2.05, 4.69) is 37.8 Å². The summed E-state index contributed by atoms with van der Waals surface area (Å²) in [6.45, 7) is 9.95. The zero-order valence-electron chi connectivity index (χ0n) is 12.3. The predicted octanol–water partition coefficient (Wildman–Crippen LogP) is 2.45. The molecule has 0 saturated carbocycles. The third-order valence-corrected chi connectivity index (χ3v) is 3.82. The van der Waals surface area contributed by atoms with Gasteiger partial charge in [-0.25, -0.2) is 0 Å². The van der Waals surface area contributed by atoms with Crippen LogP contribution in [0.4, 0.5) is 0 Å². The normalized spacial score (nSPS) is 17.7. The Morgan fingerprint density at radius 2 is 1.74 bits per heavy atom. The molecule has 0 atom stereocenters. The lowest BCUT2D eigenvalue weighted by Gasteiger charge is -2.29. The summed E-state index contributed by atoms with van der Waals surface area (Å²) in [6.07, 6.45) is 1.68. The van der Waals surface area contributed by atoms with Crippen LogP contribution < -0.4 is 4.74 Å². The summed E-state index contributed by atoms with van der Waals surface area (Å²) in [5, 5.41) is 9.47. The van der Waals surface area contributed by atoms with Gasteiger partial charge in [0.1, 0.15) is 12.4 Å². The quantitative estimate of drug-likeness (QED) is 0.905. The number of hydrogen-bond acceptors (Lipinski definition) is 3. The molecule has 19 heavy (non-hydrogen) atoms. The van der Waals surface area contributed by atoms with Crippen molar-refractivity contribution in [3.05, 3.63) is 28.8 Å². The minimum atomic E-state index is -0.0984. The van der Waals surface area contributed by atoms with Crippen LogP contribution in [0.2, 0.25) is 0 Å². The first-order valence-corrected chi connectivity index (χ1v) is 7.17. The van der Waals surface area contributed by atoms with Gasteiger partial charge >= 0.3 is 0 Å². The fourth-order valence-corrected chi connectivity index (χ4v) is 2.81. The minimum absolute atomic E-state index is 0.0984. The van der Waals surface area contributed by atoms with Crippen LogP contribution in [-0.2, 0) is 0 Å². The van der Waals surface area contributed by atoms with Crippen LogP contribution in [0.15, 0.2) is 12.1 Å². The van der Waals surface area contributed by atoms with E-state index in [9.17, 15) is 5.11 Å². The summed E-state index contributed by atoms with van der Waals surface area (Å²) in [4.78, 5) is 2.37. The van der Waals surface area contributed by atoms with E-state index in [1.807, 2.05) is 0 Å². The number of benzene rings is 1. The highest BCUT2D eigenvalue weighted by molar-refractivity contribution is 5.42. The van der Waals surface area contributed by atoms with Crippen molar-refractivity contribution < 1.29 is 9.84 Å². The van der Waals surface area contributed by atoms with Crippen molar-refractivity contribution in [2.45, 2.75) is 39.7 Å². The molecule has 1 fully saturated rings. The lowest BCUT2D eigenvalue weighted by Crippen LogP contribution is -2.38. The van der Waals surface area contributed by atoms with Gasteiger partial charge in [0.05, 0.1) is 6.10 Å². The summed E-state index contributed by atoms with van der Waals surface area (Å²) in [6, 6.07) is 4.33. The Morgan fingerprint density at radius 1 is 1.16 bits per heavy atom. The van der Waals surface area contributed by atoms with Gasteiger partial charge in [-0.3, -0.25) is 4.90 Å². The molecule has 3 heteroatoms. The van der Waals surface area contributed by atoms with E-state index in [4.69, 9.17) is 4.74 Å². The first kappa shape index (κ1) is 14.4. The molecule has 0 amide bonds. The van der Waals surface area contributed by atoms with Gasteiger partial charge in [0.2, 0.25) is 0 Å². The third-order valence-electron chi connectivity index (χ3n) is 3.82. The number of hydrogen-bond donors (Lipinski definition) is 1. The van der Waals surface area contributed by atoms with Gasteiger partial charge in [-0.05, 0) is 44.7 Å². The minimum Gasteiger partial charge on any atom is -0.492 e. The Morgan fingerprint density at radius 3 is 2.32 bits per heavy atom. The monoisotopic (exact) mass is 263 g/mol. The zero-order chi connectivity index (χ0) is 13.8. The molecule has 0 spiro atoms. The van der Waals surface area contributed by atoms with E-state index in [0.717, 1.165) is 44.8 Å². The Bertz CT molecular complexity index is 400. The van der Waals surface area contributed by atoms with Gasteiger partial charge in [0.15, 0.2) is 0 Å². The molecule has 1 aliphatic rings. The molecule has 1 saturated heterocycles. The highest BCUT2D eigenvalue weighted by Crippen LogP contribution is 2.24. The van der Waals surface area contributed by atoms with Gasteiger partial charge in [-0.1, -0.05) is 17.7 Å². The lowest BCUT2D eigenvalue weighted by atomic mass is 10.1. The topological polar surface area (TPSA) is 32.7 Å². The maximum Gasteiger partial charge on any atom is 0.125 e. The molecule has 0 unspecified atom stereocenters. The van der Waals surface area contributed by atoms with E-state index in [-0.39, 0.29) is 6.10 Å². The smallest absolute Gasteiger partial charge is 0.125 e. The van der Waals surface area contributed by atoms with E-state index < -0.39 is 0 Å². The molecule has 1 aromatic carbocycles. The van der Waals surface area contributed by atoms with Crippen LogP contribution in [0.1, 0.15) is 29.5 Å². The molecule has 0 aromatic heterocycles.